The quantitative estimate of drug-likeness (QED) is 0.0714. The normalized spacial score (nSPS) is 11.9. The number of ketones is 1. The van der Waals surface area contributed by atoms with E-state index >= 15 is 0 Å². The van der Waals surface area contributed by atoms with Crippen molar-refractivity contribution in [1.29, 1.82) is 0 Å². The molecule has 310 valence electrons. The highest BCUT2D eigenvalue weighted by Gasteiger charge is 2.23. The largest absolute Gasteiger partial charge is 0.480 e. The van der Waals surface area contributed by atoms with Crippen molar-refractivity contribution in [2.45, 2.75) is 65.0 Å². The third kappa shape index (κ3) is 11.8. The molecule has 2 atom stereocenters. The maximum absolute atomic E-state index is 13.0. The molecule has 0 unspecified atom stereocenters. The fourth-order valence-electron chi connectivity index (χ4n) is 5.81. The number of hydrogen-bond acceptors (Lipinski definition) is 14. The number of ether oxygens (including phenoxy) is 6. The van der Waals surface area contributed by atoms with E-state index in [-0.39, 0.29) is 95.9 Å². The van der Waals surface area contributed by atoms with Crippen molar-refractivity contribution in [2.75, 3.05) is 35.0 Å². The fourth-order valence-corrected chi connectivity index (χ4v) is 6.22. The molecule has 17 heteroatoms. The Morgan fingerprint density at radius 2 is 1.16 bits per heavy atom. The SMILES string of the molecule is COC(=O)C[C@H](O)CCC(=O)c1cc(Cl)c(OCc2cccc(-c3cccc(COc4nc(OC)c(C(=O)NC[C@@H](O)CC(=O)OC)cc4Cl)c3C)c2C)nc1OC. The van der Waals surface area contributed by atoms with Gasteiger partial charge in [-0.25, -0.2) is 0 Å². The minimum Gasteiger partial charge on any atom is -0.480 e. The molecule has 0 aliphatic heterocycles. The molecule has 4 aromatic rings. The van der Waals surface area contributed by atoms with Crippen LogP contribution in [0.15, 0.2) is 48.5 Å². The number of benzene rings is 2. The summed E-state index contributed by atoms with van der Waals surface area (Å²) in [7, 11) is 5.13. The summed E-state index contributed by atoms with van der Waals surface area (Å²) in [6.45, 7) is 3.90. The average Bonchev–Trinajstić information content (AvgIpc) is 3.21. The number of carbonyl (C=O) groups is 4. The van der Waals surface area contributed by atoms with Gasteiger partial charge in [0.2, 0.25) is 23.5 Å². The number of esters is 2. The predicted octanol–water partition coefficient (Wildman–Crippen LogP) is 5.78. The topological polar surface area (TPSA) is 202 Å². The molecule has 0 saturated heterocycles. The van der Waals surface area contributed by atoms with Gasteiger partial charge >= 0.3 is 11.9 Å². The summed E-state index contributed by atoms with van der Waals surface area (Å²) < 4.78 is 31.8. The van der Waals surface area contributed by atoms with E-state index < -0.39 is 30.1 Å². The minimum atomic E-state index is -1.15. The zero-order valence-electron chi connectivity index (χ0n) is 32.9. The maximum Gasteiger partial charge on any atom is 0.308 e. The first-order valence-electron chi connectivity index (χ1n) is 17.9. The van der Waals surface area contributed by atoms with Crippen LogP contribution in [0, 0.1) is 13.8 Å². The van der Waals surface area contributed by atoms with Gasteiger partial charge in [0.05, 0.1) is 59.1 Å². The molecule has 58 heavy (non-hydrogen) atoms. The molecule has 0 radical (unpaired) electrons. The van der Waals surface area contributed by atoms with Gasteiger partial charge in [0.25, 0.3) is 5.91 Å². The number of amides is 1. The first-order chi connectivity index (χ1) is 27.7. The van der Waals surface area contributed by atoms with Crippen molar-refractivity contribution >= 4 is 46.8 Å². The first kappa shape index (κ1) is 45.2. The number of hydrogen-bond donors (Lipinski definition) is 3. The molecule has 0 aliphatic rings. The average molecular weight is 843 g/mol. The molecule has 0 fully saturated rings. The van der Waals surface area contributed by atoms with Gasteiger partial charge in [0.15, 0.2) is 5.78 Å². The molecule has 1 amide bonds. The van der Waals surface area contributed by atoms with Crippen molar-refractivity contribution in [2.24, 2.45) is 0 Å². The van der Waals surface area contributed by atoms with Gasteiger partial charge < -0.3 is 44.0 Å². The Kier molecular flexibility index (Phi) is 16.6. The smallest absolute Gasteiger partial charge is 0.308 e. The zero-order chi connectivity index (χ0) is 42.5. The van der Waals surface area contributed by atoms with Gasteiger partial charge in [0, 0.05) is 13.0 Å². The second kappa shape index (κ2) is 21.3. The Bertz CT molecular complexity index is 1980. The number of Topliss-reactive ketones (excluding diaryl/α,β-unsaturated/α-hetero) is 1. The van der Waals surface area contributed by atoms with Gasteiger partial charge in [0.1, 0.15) is 28.8 Å². The Labute approximate surface area is 345 Å². The Morgan fingerprint density at radius 3 is 1.64 bits per heavy atom. The van der Waals surface area contributed by atoms with E-state index in [2.05, 4.69) is 24.8 Å². The number of aromatic nitrogens is 2. The molecule has 0 bridgehead atoms. The van der Waals surface area contributed by atoms with Gasteiger partial charge in [-0.1, -0.05) is 59.6 Å². The Morgan fingerprint density at radius 1 is 0.690 bits per heavy atom. The van der Waals surface area contributed by atoms with Gasteiger partial charge in [-0.15, -0.1) is 0 Å². The van der Waals surface area contributed by atoms with Gasteiger partial charge in [-0.3, -0.25) is 19.2 Å². The third-order valence-corrected chi connectivity index (χ3v) is 9.66. The van der Waals surface area contributed by atoms with Crippen LogP contribution in [0.25, 0.3) is 11.1 Å². The number of carbonyl (C=O) groups excluding carboxylic acids is 4. The van der Waals surface area contributed by atoms with Crippen LogP contribution in [0.2, 0.25) is 10.0 Å². The van der Waals surface area contributed by atoms with Gasteiger partial charge in [-0.05, 0) is 65.8 Å². The molecule has 2 aromatic carbocycles. The lowest BCUT2D eigenvalue weighted by atomic mass is 9.92. The molecule has 4 rings (SSSR count). The van der Waals surface area contributed by atoms with E-state index in [0.29, 0.717) is 0 Å². The van der Waals surface area contributed by atoms with Crippen LogP contribution in [0.5, 0.6) is 23.5 Å². The van der Waals surface area contributed by atoms with Crippen molar-refractivity contribution in [3.05, 3.63) is 92.0 Å². The molecule has 2 heterocycles. The Balaban J connectivity index is 1.46. The molecular weight excluding hydrogens is 797 g/mol. The number of rotatable bonds is 20. The summed E-state index contributed by atoms with van der Waals surface area (Å²) in [5.41, 5.74) is 5.56. The van der Waals surface area contributed by atoms with E-state index in [1.165, 1.54) is 40.6 Å². The van der Waals surface area contributed by atoms with E-state index in [0.717, 1.165) is 33.4 Å². The molecule has 3 N–H and O–H groups in total. The van der Waals surface area contributed by atoms with Crippen LogP contribution in [-0.2, 0) is 32.3 Å². The van der Waals surface area contributed by atoms with E-state index in [1.807, 2.05) is 50.2 Å². The summed E-state index contributed by atoms with van der Waals surface area (Å²) in [4.78, 5) is 57.3. The molecule has 15 nitrogen and oxygen atoms in total. The van der Waals surface area contributed by atoms with Crippen molar-refractivity contribution in [1.82, 2.24) is 15.3 Å². The standard InChI is InChI=1S/C41H45Cl2N3O12/c1-22-24(20-57-40-32(42)17-30(38(45-40)55-5)34(49)14-13-26(47)15-35(50)53-3)9-7-11-28(22)29-12-8-10-25(23(29)2)21-58-41-33(43)18-31(39(46-41)56-6)37(52)44-19-27(48)16-36(51)54-4/h7-12,17-18,26-27,47-48H,13-16,19-21H2,1-6H3,(H,44,52)/t26-,27+/m1/s1. The summed E-state index contributed by atoms with van der Waals surface area (Å²) in [5, 5.41) is 22.7. The fraction of sp³-hybridized carbons (Fsp3) is 0.366. The molecule has 2 aromatic heterocycles. The second-order valence-electron chi connectivity index (χ2n) is 13.0. The highest BCUT2D eigenvalue weighted by Crippen LogP contribution is 2.35. The van der Waals surface area contributed by atoms with Crippen LogP contribution >= 0.6 is 23.2 Å². The lowest BCUT2D eigenvalue weighted by molar-refractivity contribution is -0.143. The summed E-state index contributed by atoms with van der Waals surface area (Å²) >= 11 is 13.0. The number of aliphatic hydroxyl groups is 2. The number of halogens is 2. The first-order valence-corrected chi connectivity index (χ1v) is 18.7. The van der Waals surface area contributed by atoms with Crippen molar-refractivity contribution in [3.8, 4) is 34.6 Å². The van der Waals surface area contributed by atoms with E-state index in [4.69, 9.17) is 42.1 Å². The van der Waals surface area contributed by atoms with E-state index in [1.54, 1.807) is 0 Å². The summed E-state index contributed by atoms with van der Waals surface area (Å²) in [6.07, 6.45) is -2.76. The summed E-state index contributed by atoms with van der Waals surface area (Å²) in [6, 6.07) is 14.4. The van der Waals surface area contributed by atoms with Crippen molar-refractivity contribution < 1.29 is 57.8 Å². The number of methoxy groups -OCH3 is 4. The third-order valence-electron chi connectivity index (χ3n) is 9.12. The molecule has 0 spiro atoms. The second-order valence-corrected chi connectivity index (χ2v) is 13.8. The van der Waals surface area contributed by atoms with Crippen LogP contribution in [0.3, 0.4) is 0 Å². The van der Waals surface area contributed by atoms with Crippen LogP contribution < -0.4 is 24.3 Å². The number of pyridine rings is 2. The molecular formula is C41H45Cl2N3O12. The van der Waals surface area contributed by atoms with Crippen molar-refractivity contribution in [3.63, 3.8) is 0 Å². The highest BCUT2D eigenvalue weighted by molar-refractivity contribution is 6.32. The lowest BCUT2D eigenvalue weighted by Crippen LogP contribution is -2.33. The number of nitrogens with zero attached hydrogens (tertiary/aromatic N) is 2. The zero-order valence-corrected chi connectivity index (χ0v) is 34.4. The lowest BCUT2D eigenvalue weighted by Gasteiger charge is -2.17. The van der Waals surface area contributed by atoms with Crippen LogP contribution in [0.1, 0.15) is 68.7 Å². The summed E-state index contributed by atoms with van der Waals surface area (Å²) in [5.74, 6) is -2.14. The maximum atomic E-state index is 13.0. The monoisotopic (exact) mass is 841 g/mol. The Hall–Kier alpha value is -5.48. The highest BCUT2D eigenvalue weighted by atomic mass is 35.5. The van der Waals surface area contributed by atoms with Crippen LogP contribution in [0.4, 0.5) is 0 Å². The predicted molar refractivity (Wildman–Crippen MR) is 213 cm³/mol. The number of aliphatic hydroxyl groups excluding tert-OH is 2. The van der Waals surface area contributed by atoms with E-state index in [9.17, 15) is 29.4 Å². The molecule has 0 aliphatic carbocycles. The minimum absolute atomic E-state index is 0.00757. The van der Waals surface area contributed by atoms with Gasteiger partial charge in [-0.2, -0.15) is 9.97 Å². The number of nitrogens with one attached hydrogen (secondary N) is 1. The molecule has 0 saturated carbocycles. The van der Waals surface area contributed by atoms with Crippen LogP contribution in [-0.4, -0.2) is 91.0 Å².